The van der Waals surface area contributed by atoms with Gasteiger partial charge in [0.2, 0.25) is 0 Å². The third-order valence-electron chi connectivity index (χ3n) is 2.94. The Labute approximate surface area is 117 Å². The number of hydrogen-bond acceptors (Lipinski definition) is 3. The lowest BCUT2D eigenvalue weighted by Gasteiger charge is -2.05. The maximum atomic E-state index is 10.7. The SMILES string of the molecule is N#Cc1ccc(CNCc2ccc(C(=O)O)cc2)cc1. The van der Waals surface area contributed by atoms with Gasteiger partial charge in [-0.25, -0.2) is 4.79 Å². The van der Waals surface area contributed by atoms with E-state index in [1.54, 1.807) is 36.4 Å². The standard InChI is InChI=1S/C16H14N2O2/c17-9-12-1-3-13(4-2-12)10-18-11-14-5-7-15(8-6-14)16(19)20/h1-8,18H,10-11H2,(H,19,20). The van der Waals surface area contributed by atoms with E-state index < -0.39 is 5.97 Å². The smallest absolute Gasteiger partial charge is 0.335 e. The van der Waals surface area contributed by atoms with Gasteiger partial charge in [-0.05, 0) is 35.4 Å². The lowest BCUT2D eigenvalue weighted by molar-refractivity contribution is 0.0697. The Morgan fingerprint density at radius 2 is 1.50 bits per heavy atom. The van der Waals surface area contributed by atoms with E-state index in [-0.39, 0.29) is 0 Å². The number of carboxylic acid groups (broad SMARTS) is 1. The summed E-state index contributed by atoms with van der Waals surface area (Å²) in [5, 5.41) is 20.8. The van der Waals surface area contributed by atoms with Crippen LogP contribution in [-0.2, 0) is 13.1 Å². The van der Waals surface area contributed by atoms with Crippen LogP contribution < -0.4 is 5.32 Å². The highest BCUT2D eigenvalue weighted by Crippen LogP contribution is 2.06. The Kier molecular flexibility index (Phi) is 4.48. The van der Waals surface area contributed by atoms with Gasteiger partial charge in [0.25, 0.3) is 0 Å². The Morgan fingerprint density at radius 3 is 1.95 bits per heavy atom. The van der Waals surface area contributed by atoms with Crippen LogP contribution in [0.5, 0.6) is 0 Å². The summed E-state index contributed by atoms with van der Waals surface area (Å²) in [5.74, 6) is -0.915. The normalized spacial score (nSPS) is 9.95. The molecule has 0 aliphatic heterocycles. The third-order valence-corrected chi connectivity index (χ3v) is 2.94. The first-order valence-electron chi connectivity index (χ1n) is 6.21. The summed E-state index contributed by atoms with van der Waals surface area (Å²) in [6.07, 6.45) is 0. The largest absolute Gasteiger partial charge is 0.478 e. The summed E-state index contributed by atoms with van der Waals surface area (Å²) in [5.41, 5.74) is 3.08. The van der Waals surface area contributed by atoms with E-state index in [1.165, 1.54) is 0 Å². The summed E-state index contributed by atoms with van der Waals surface area (Å²) in [4.78, 5) is 10.7. The van der Waals surface area contributed by atoms with Crippen molar-refractivity contribution < 1.29 is 9.90 Å². The molecule has 20 heavy (non-hydrogen) atoms. The molecule has 2 aromatic carbocycles. The van der Waals surface area contributed by atoms with Gasteiger partial charge in [0.15, 0.2) is 0 Å². The zero-order valence-electron chi connectivity index (χ0n) is 10.8. The van der Waals surface area contributed by atoms with Crippen molar-refractivity contribution in [3.8, 4) is 6.07 Å². The molecule has 2 aromatic rings. The molecular formula is C16H14N2O2. The minimum absolute atomic E-state index is 0.292. The highest BCUT2D eigenvalue weighted by molar-refractivity contribution is 5.87. The molecule has 0 unspecified atom stereocenters. The maximum absolute atomic E-state index is 10.7. The van der Waals surface area contributed by atoms with E-state index in [4.69, 9.17) is 10.4 Å². The quantitative estimate of drug-likeness (QED) is 0.872. The number of rotatable bonds is 5. The van der Waals surface area contributed by atoms with Crippen molar-refractivity contribution in [1.29, 1.82) is 5.26 Å². The molecule has 0 aromatic heterocycles. The van der Waals surface area contributed by atoms with Gasteiger partial charge in [0, 0.05) is 13.1 Å². The number of nitrogens with zero attached hydrogens (tertiary/aromatic N) is 1. The second kappa shape index (κ2) is 6.50. The monoisotopic (exact) mass is 266 g/mol. The number of nitriles is 1. The second-order valence-corrected chi connectivity index (χ2v) is 4.41. The van der Waals surface area contributed by atoms with E-state index >= 15 is 0 Å². The Bertz CT molecular complexity index is 625. The molecule has 4 nitrogen and oxygen atoms in total. The second-order valence-electron chi connectivity index (χ2n) is 4.41. The Balaban J connectivity index is 1.86. The molecule has 0 fully saturated rings. The molecule has 0 spiro atoms. The van der Waals surface area contributed by atoms with Crippen molar-refractivity contribution in [2.24, 2.45) is 0 Å². The molecule has 0 radical (unpaired) electrons. The molecule has 0 aliphatic rings. The van der Waals surface area contributed by atoms with Crippen molar-refractivity contribution in [2.75, 3.05) is 0 Å². The van der Waals surface area contributed by atoms with Crippen LogP contribution in [-0.4, -0.2) is 11.1 Å². The summed E-state index contributed by atoms with van der Waals surface area (Å²) in [6.45, 7) is 1.37. The van der Waals surface area contributed by atoms with Crippen molar-refractivity contribution in [1.82, 2.24) is 5.32 Å². The molecule has 0 amide bonds. The lowest BCUT2D eigenvalue weighted by Crippen LogP contribution is -2.12. The van der Waals surface area contributed by atoms with Crippen molar-refractivity contribution in [3.63, 3.8) is 0 Å². The van der Waals surface area contributed by atoms with Gasteiger partial charge in [-0.15, -0.1) is 0 Å². The number of benzene rings is 2. The van der Waals surface area contributed by atoms with Crippen LogP contribution in [0.3, 0.4) is 0 Å². The van der Waals surface area contributed by atoms with Crippen LogP contribution in [0.25, 0.3) is 0 Å². The number of hydrogen-bond donors (Lipinski definition) is 2. The van der Waals surface area contributed by atoms with E-state index in [0.717, 1.165) is 11.1 Å². The van der Waals surface area contributed by atoms with Crippen LogP contribution in [0.4, 0.5) is 0 Å². The zero-order valence-corrected chi connectivity index (χ0v) is 10.8. The Hall–Kier alpha value is -2.64. The van der Waals surface area contributed by atoms with Gasteiger partial charge < -0.3 is 10.4 Å². The van der Waals surface area contributed by atoms with Crippen molar-refractivity contribution in [3.05, 3.63) is 70.8 Å². The number of aromatic carboxylic acids is 1. The summed E-state index contributed by atoms with van der Waals surface area (Å²) in [6, 6.07) is 16.3. The van der Waals surface area contributed by atoms with E-state index in [9.17, 15) is 4.79 Å². The first-order chi connectivity index (χ1) is 9.69. The Morgan fingerprint density at radius 1 is 1.00 bits per heavy atom. The molecule has 2 N–H and O–H groups in total. The number of carboxylic acids is 1. The zero-order chi connectivity index (χ0) is 14.4. The third kappa shape index (κ3) is 3.67. The van der Waals surface area contributed by atoms with Gasteiger partial charge in [0.1, 0.15) is 0 Å². The van der Waals surface area contributed by atoms with Gasteiger partial charge in [-0.2, -0.15) is 5.26 Å². The predicted molar refractivity (Wildman–Crippen MR) is 75.1 cm³/mol. The van der Waals surface area contributed by atoms with Crippen molar-refractivity contribution in [2.45, 2.75) is 13.1 Å². The molecule has 100 valence electrons. The number of nitrogens with one attached hydrogen (secondary N) is 1. The van der Waals surface area contributed by atoms with Crippen LogP contribution in [0.2, 0.25) is 0 Å². The summed E-state index contributed by atoms with van der Waals surface area (Å²) in [7, 11) is 0. The minimum atomic E-state index is -0.915. The van der Waals surface area contributed by atoms with E-state index in [1.807, 2.05) is 12.1 Å². The molecule has 0 saturated heterocycles. The molecule has 0 saturated carbocycles. The summed E-state index contributed by atoms with van der Waals surface area (Å²) < 4.78 is 0. The first-order valence-corrected chi connectivity index (χ1v) is 6.21. The molecule has 0 aliphatic carbocycles. The predicted octanol–water partition coefficient (Wildman–Crippen LogP) is 2.55. The average molecular weight is 266 g/mol. The molecule has 4 heteroatoms. The van der Waals surface area contributed by atoms with E-state index in [2.05, 4.69) is 11.4 Å². The fraction of sp³-hybridized carbons (Fsp3) is 0.125. The van der Waals surface area contributed by atoms with Crippen molar-refractivity contribution >= 4 is 5.97 Å². The van der Waals surface area contributed by atoms with Gasteiger partial charge in [0.05, 0.1) is 17.2 Å². The van der Waals surface area contributed by atoms with Gasteiger partial charge >= 0.3 is 5.97 Å². The highest BCUT2D eigenvalue weighted by Gasteiger charge is 2.01. The number of carbonyl (C=O) groups is 1. The van der Waals surface area contributed by atoms with Crippen LogP contribution in [0.15, 0.2) is 48.5 Å². The fourth-order valence-corrected chi connectivity index (χ4v) is 1.81. The topological polar surface area (TPSA) is 73.1 Å². The minimum Gasteiger partial charge on any atom is -0.478 e. The lowest BCUT2D eigenvalue weighted by atomic mass is 10.1. The highest BCUT2D eigenvalue weighted by atomic mass is 16.4. The summed E-state index contributed by atoms with van der Waals surface area (Å²) >= 11 is 0. The van der Waals surface area contributed by atoms with Gasteiger partial charge in [-0.3, -0.25) is 0 Å². The molecular weight excluding hydrogens is 252 g/mol. The first kappa shape index (κ1) is 13.8. The van der Waals surface area contributed by atoms with Crippen LogP contribution in [0.1, 0.15) is 27.0 Å². The van der Waals surface area contributed by atoms with Gasteiger partial charge in [-0.1, -0.05) is 24.3 Å². The average Bonchev–Trinajstić information content (AvgIpc) is 2.48. The molecule has 0 heterocycles. The van der Waals surface area contributed by atoms with Crippen LogP contribution in [0, 0.1) is 11.3 Å². The maximum Gasteiger partial charge on any atom is 0.335 e. The fourth-order valence-electron chi connectivity index (χ4n) is 1.81. The molecule has 0 bridgehead atoms. The van der Waals surface area contributed by atoms with Crippen LogP contribution >= 0.6 is 0 Å². The molecule has 2 rings (SSSR count). The van der Waals surface area contributed by atoms with E-state index in [0.29, 0.717) is 24.2 Å². The molecule has 0 atom stereocenters.